The third kappa shape index (κ3) is 5.00. The first-order valence-electron chi connectivity index (χ1n) is 11.7. The smallest absolute Gasteiger partial charge is 0.416 e. The van der Waals surface area contributed by atoms with Gasteiger partial charge in [0.15, 0.2) is 0 Å². The summed E-state index contributed by atoms with van der Waals surface area (Å²) in [7, 11) is 0. The summed E-state index contributed by atoms with van der Waals surface area (Å²) in [5.41, 5.74) is 1.63. The van der Waals surface area contributed by atoms with Gasteiger partial charge >= 0.3 is 6.18 Å². The van der Waals surface area contributed by atoms with Gasteiger partial charge in [0.1, 0.15) is 11.9 Å². The van der Waals surface area contributed by atoms with Crippen LogP contribution in [-0.2, 0) is 11.0 Å². The first-order valence-corrected chi connectivity index (χ1v) is 11.7. The number of H-pyrrole nitrogens is 1. The summed E-state index contributed by atoms with van der Waals surface area (Å²) in [5, 5.41) is 4.65. The Morgan fingerprint density at radius 2 is 1.69 bits per heavy atom. The second kappa shape index (κ2) is 9.56. The van der Waals surface area contributed by atoms with Gasteiger partial charge in [0.2, 0.25) is 5.91 Å². The Hall–Kier alpha value is -4.01. The Morgan fingerprint density at radius 1 is 0.944 bits per heavy atom. The van der Waals surface area contributed by atoms with Crippen LogP contribution in [-0.4, -0.2) is 47.4 Å². The van der Waals surface area contributed by atoms with E-state index in [1.165, 1.54) is 12.1 Å². The molecule has 0 unspecified atom stereocenters. The Balaban J connectivity index is 1.14. The number of carbonyl (C=O) groups excluding carboxylic acids is 2. The fourth-order valence-electron chi connectivity index (χ4n) is 4.52. The lowest BCUT2D eigenvalue weighted by atomic mass is 10.1. The summed E-state index contributed by atoms with van der Waals surface area (Å²) in [6.07, 6.45) is -3.73. The monoisotopic (exact) mass is 495 g/mol. The topological polar surface area (TPSA) is 74.4 Å². The van der Waals surface area contributed by atoms with Crippen molar-refractivity contribution in [1.82, 2.24) is 15.2 Å². The molecular weight excluding hydrogens is 471 g/mol. The van der Waals surface area contributed by atoms with Crippen LogP contribution < -0.4 is 10.1 Å². The molecule has 2 N–H and O–H groups in total. The number of likely N-dealkylation sites (tertiary alicyclic amines) is 1. The zero-order valence-electron chi connectivity index (χ0n) is 19.3. The van der Waals surface area contributed by atoms with Crippen molar-refractivity contribution in [3.63, 3.8) is 0 Å². The van der Waals surface area contributed by atoms with Gasteiger partial charge in [-0.1, -0.05) is 24.3 Å². The van der Waals surface area contributed by atoms with E-state index in [-0.39, 0.29) is 30.2 Å². The number of rotatable bonds is 5. The Morgan fingerprint density at radius 3 is 2.47 bits per heavy atom. The predicted octanol–water partition coefficient (Wildman–Crippen LogP) is 5.14. The zero-order chi connectivity index (χ0) is 25.3. The van der Waals surface area contributed by atoms with Crippen molar-refractivity contribution in [2.45, 2.75) is 25.1 Å². The highest BCUT2D eigenvalue weighted by atomic mass is 19.4. The third-order valence-electron chi connectivity index (χ3n) is 6.43. The number of benzene rings is 3. The van der Waals surface area contributed by atoms with Gasteiger partial charge in [0, 0.05) is 53.3 Å². The van der Waals surface area contributed by atoms with Gasteiger partial charge in [-0.05, 0) is 42.5 Å². The molecule has 1 aromatic heterocycles. The molecule has 6 nitrogen and oxygen atoms in total. The third-order valence-corrected chi connectivity index (χ3v) is 6.43. The summed E-state index contributed by atoms with van der Waals surface area (Å²) in [6, 6.07) is 18.0. The number of aromatic nitrogens is 1. The van der Waals surface area contributed by atoms with Crippen molar-refractivity contribution in [2.24, 2.45) is 0 Å². The van der Waals surface area contributed by atoms with Crippen molar-refractivity contribution in [2.75, 3.05) is 19.6 Å². The van der Waals surface area contributed by atoms with Crippen LogP contribution in [0, 0.1) is 0 Å². The van der Waals surface area contributed by atoms with Crippen LogP contribution in [0.1, 0.15) is 28.8 Å². The highest BCUT2D eigenvalue weighted by Gasteiger charge is 2.31. The summed E-state index contributed by atoms with van der Waals surface area (Å²) >= 11 is 0. The van der Waals surface area contributed by atoms with Gasteiger partial charge in [-0.25, -0.2) is 0 Å². The Bertz CT molecular complexity index is 1420. The molecule has 0 atom stereocenters. The summed E-state index contributed by atoms with van der Waals surface area (Å²) in [4.78, 5) is 30.3. The molecule has 9 heteroatoms. The molecule has 0 radical (unpaired) electrons. The number of aromatic amines is 1. The number of hydrogen-bond acceptors (Lipinski definition) is 3. The van der Waals surface area contributed by atoms with Crippen molar-refractivity contribution in [3.8, 4) is 5.75 Å². The largest absolute Gasteiger partial charge is 0.490 e. The number of ether oxygens (including phenoxy) is 1. The maximum atomic E-state index is 12.9. The molecule has 0 saturated carbocycles. The molecule has 0 spiro atoms. The van der Waals surface area contributed by atoms with E-state index < -0.39 is 11.7 Å². The van der Waals surface area contributed by atoms with E-state index >= 15 is 0 Å². The van der Waals surface area contributed by atoms with E-state index in [1.54, 1.807) is 11.0 Å². The molecule has 186 valence electrons. The Labute approximate surface area is 205 Å². The average Bonchev–Trinajstić information content (AvgIpc) is 3.25. The molecule has 2 amide bonds. The zero-order valence-corrected chi connectivity index (χ0v) is 19.3. The van der Waals surface area contributed by atoms with E-state index in [1.807, 2.05) is 36.4 Å². The number of amides is 2. The highest BCUT2D eigenvalue weighted by Crippen LogP contribution is 2.32. The molecule has 0 bridgehead atoms. The van der Waals surface area contributed by atoms with Gasteiger partial charge in [-0.3, -0.25) is 9.59 Å². The van der Waals surface area contributed by atoms with E-state index in [4.69, 9.17) is 4.74 Å². The number of fused-ring (bicyclic) bond motifs is 3. The minimum Gasteiger partial charge on any atom is -0.490 e. The van der Waals surface area contributed by atoms with Crippen LogP contribution >= 0.6 is 0 Å². The lowest BCUT2D eigenvalue weighted by Crippen LogP contribution is -2.46. The van der Waals surface area contributed by atoms with Gasteiger partial charge in [0.25, 0.3) is 5.91 Å². The molecule has 1 saturated heterocycles. The van der Waals surface area contributed by atoms with Gasteiger partial charge in [-0.2, -0.15) is 13.2 Å². The number of piperidine rings is 1. The van der Waals surface area contributed by atoms with Gasteiger partial charge in [-0.15, -0.1) is 0 Å². The second-order valence-electron chi connectivity index (χ2n) is 8.84. The van der Waals surface area contributed by atoms with Crippen LogP contribution in [0.4, 0.5) is 13.2 Å². The number of hydrogen-bond donors (Lipinski definition) is 2. The molecule has 36 heavy (non-hydrogen) atoms. The number of carbonyl (C=O) groups is 2. The van der Waals surface area contributed by atoms with E-state index in [0.717, 1.165) is 33.9 Å². The van der Waals surface area contributed by atoms with E-state index in [9.17, 15) is 22.8 Å². The molecule has 2 heterocycles. The van der Waals surface area contributed by atoms with Crippen LogP contribution in [0.3, 0.4) is 0 Å². The van der Waals surface area contributed by atoms with Crippen molar-refractivity contribution in [1.29, 1.82) is 0 Å². The lowest BCUT2D eigenvalue weighted by molar-refractivity contribution is -0.138. The molecule has 1 aliphatic heterocycles. The number of para-hydroxylation sites is 1. The summed E-state index contributed by atoms with van der Waals surface area (Å²) in [6.45, 7) is 0.670. The van der Waals surface area contributed by atoms with Gasteiger partial charge < -0.3 is 19.9 Å². The fourth-order valence-corrected chi connectivity index (χ4v) is 4.52. The maximum absolute atomic E-state index is 12.9. The van der Waals surface area contributed by atoms with E-state index in [0.29, 0.717) is 31.5 Å². The van der Waals surface area contributed by atoms with Crippen molar-refractivity contribution in [3.05, 3.63) is 77.9 Å². The van der Waals surface area contributed by atoms with Crippen molar-refractivity contribution < 1.29 is 27.5 Å². The van der Waals surface area contributed by atoms with Crippen LogP contribution in [0.5, 0.6) is 5.75 Å². The summed E-state index contributed by atoms with van der Waals surface area (Å²) < 4.78 is 44.5. The number of nitrogens with zero attached hydrogens (tertiary/aromatic N) is 1. The Kier molecular flexibility index (Phi) is 6.30. The molecule has 1 fully saturated rings. The normalized spacial score (nSPS) is 14.8. The van der Waals surface area contributed by atoms with Crippen LogP contribution in [0.15, 0.2) is 66.7 Å². The lowest BCUT2D eigenvalue weighted by Gasteiger charge is -2.32. The SMILES string of the molecule is O=C(NCC(=O)N1CCC(Oc2cccc(C(F)(F)F)c2)CC1)c1ccc2[nH]c3ccccc3c2c1. The standard InChI is InChI=1S/C27H24F3N3O3/c28-27(29,30)18-4-3-5-20(15-18)36-19-10-12-33(13-11-19)25(34)16-31-26(35)17-8-9-24-22(14-17)21-6-1-2-7-23(21)32-24/h1-9,14-15,19,32H,10-13,16H2,(H,31,35). The number of nitrogens with one attached hydrogen (secondary N) is 2. The quantitative estimate of drug-likeness (QED) is 0.403. The molecule has 3 aromatic carbocycles. The van der Waals surface area contributed by atoms with Crippen LogP contribution in [0.2, 0.25) is 0 Å². The van der Waals surface area contributed by atoms with Gasteiger partial charge in [0.05, 0.1) is 12.1 Å². The second-order valence-corrected chi connectivity index (χ2v) is 8.84. The first kappa shape index (κ1) is 23.7. The number of alkyl halides is 3. The minimum atomic E-state index is -4.43. The first-order chi connectivity index (χ1) is 17.3. The van der Waals surface area contributed by atoms with Crippen molar-refractivity contribution >= 4 is 33.6 Å². The molecule has 1 aliphatic rings. The summed E-state index contributed by atoms with van der Waals surface area (Å²) in [5.74, 6) is -0.388. The van der Waals surface area contributed by atoms with Crippen LogP contribution in [0.25, 0.3) is 21.8 Å². The fraction of sp³-hybridized carbons (Fsp3) is 0.259. The maximum Gasteiger partial charge on any atom is 0.416 e. The minimum absolute atomic E-state index is 0.135. The molecule has 0 aliphatic carbocycles. The molecule has 5 rings (SSSR count). The number of halogens is 3. The highest BCUT2D eigenvalue weighted by molar-refractivity contribution is 6.10. The average molecular weight is 496 g/mol. The molecular formula is C27H24F3N3O3. The molecule has 4 aromatic rings. The predicted molar refractivity (Wildman–Crippen MR) is 130 cm³/mol. The van der Waals surface area contributed by atoms with E-state index in [2.05, 4.69) is 10.3 Å².